The molecule has 1 aromatic carbocycles. The van der Waals surface area contributed by atoms with E-state index in [0.717, 1.165) is 37.2 Å². The van der Waals surface area contributed by atoms with Gasteiger partial charge in [0, 0.05) is 44.0 Å². The summed E-state index contributed by atoms with van der Waals surface area (Å²) in [5.74, 6) is -1.66. The van der Waals surface area contributed by atoms with Gasteiger partial charge in [-0.15, -0.1) is 0 Å². The number of hydrogen-bond donors (Lipinski definition) is 2. The highest BCUT2D eigenvalue weighted by molar-refractivity contribution is 5.95. The van der Waals surface area contributed by atoms with Crippen LogP contribution < -0.4 is 10.3 Å². The summed E-state index contributed by atoms with van der Waals surface area (Å²) < 4.78 is 5.29. The molecular weight excluding hydrogens is 334 g/mol. The Morgan fingerprint density at radius 3 is 2.58 bits per heavy atom. The van der Waals surface area contributed by atoms with Crippen LogP contribution in [-0.4, -0.2) is 49.0 Å². The van der Waals surface area contributed by atoms with Crippen molar-refractivity contribution in [3.63, 3.8) is 0 Å². The lowest BCUT2D eigenvalue weighted by atomic mass is 9.86. The van der Waals surface area contributed by atoms with Crippen molar-refractivity contribution in [1.29, 1.82) is 0 Å². The van der Waals surface area contributed by atoms with Crippen molar-refractivity contribution >= 4 is 23.3 Å². The molecule has 2 N–H and O–H groups in total. The van der Waals surface area contributed by atoms with Gasteiger partial charge in [0.2, 0.25) is 0 Å². The predicted octanol–water partition coefficient (Wildman–Crippen LogP) is 2.13. The summed E-state index contributed by atoms with van der Waals surface area (Å²) in [6.07, 6.45) is 2.39. The third-order valence-electron chi connectivity index (χ3n) is 5.04. The Kier molecular flexibility index (Phi) is 5.88. The van der Waals surface area contributed by atoms with E-state index >= 15 is 0 Å². The summed E-state index contributed by atoms with van der Waals surface area (Å²) in [6, 6.07) is 7.23. The first-order valence-electron chi connectivity index (χ1n) is 9.05. The largest absolute Gasteiger partial charge is 0.481 e. The molecule has 2 aliphatic heterocycles. The first-order chi connectivity index (χ1) is 12.5. The average Bonchev–Trinajstić information content (AvgIpc) is 3.09. The van der Waals surface area contributed by atoms with Crippen LogP contribution in [0.4, 0.5) is 5.69 Å². The molecule has 1 amide bonds. The quantitative estimate of drug-likeness (QED) is 0.812. The normalized spacial score (nSPS) is 19.1. The van der Waals surface area contributed by atoms with E-state index in [-0.39, 0.29) is 18.4 Å². The van der Waals surface area contributed by atoms with Crippen LogP contribution in [0.2, 0.25) is 0 Å². The number of carbonyl (C=O) groups is 2. The van der Waals surface area contributed by atoms with Crippen molar-refractivity contribution in [3.8, 4) is 0 Å². The highest BCUT2D eigenvalue weighted by Gasteiger charge is 2.30. The Morgan fingerprint density at radius 2 is 2.00 bits per heavy atom. The van der Waals surface area contributed by atoms with Crippen molar-refractivity contribution in [2.45, 2.75) is 26.2 Å². The van der Waals surface area contributed by atoms with E-state index in [1.165, 1.54) is 0 Å². The van der Waals surface area contributed by atoms with Crippen molar-refractivity contribution in [2.24, 2.45) is 16.9 Å². The maximum Gasteiger partial charge on any atom is 0.308 e. The van der Waals surface area contributed by atoms with Crippen molar-refractivity contribution in [2.75, 3.05) is 31.3 Å². The molecule has 1 fully saturated rings. The first-order valence-corrected chi connectivity index (χ1v) is 9.05. The molecule has 1 atom stereocenters. The van der Waals surface area contributed by atoms with Crippen LogP contribution >= 0.6 is 0 Å². The topological polar surface area (TPSA) is 91.2 Å². The maximum absolute atomic E-state index is 12.4. The first kappa shape index (κ1) is 18.4. The highest BCUT2D eigenvalue weighted by atomic mass is 16.5. The Hall–Kier alpha value is -2.41. The molecule has 0 radical (unpaired) electrons. The smallest absolute Gasteiger partial charge is 0.308 e. The van der Waals surface area contributed by atoms with Gasteiger partial charge in [0.25, 0.3) is 5.91 Å². The molecule has 2 aliphatic rings. The summed E-state index contributed by atoms with van der Waals surface area (Å²) >= 11 is 0. The van der Waals surface area contributed by atoms with E-state index in [2.05, 4.69) is 10.4 Å². The lowest BCUT2D eigenvalue weighted by Crippen LogP contribution is -2.39. The number of aliphatic carboxylic acids is 1. The van der Waals surface area contributed by atoms with Crippen molar-refractivity contribution < 1.29 is 19.4 Å². The van der Waals surface area contributed by atoms with Crippen molar-refractivity contribution in [1.82, 2.24) is 5.32 Å². The Morgan fingerprint density at radius 1 is 1.31 bits per heavy atom. The number of nitrogens with zero attached hydrogens (tertiary/aromatic N) is 2. The Labute approximate surface area is 153 Å². The number of carboxylic acid groups (broad SMARTS) is 1. The molecule has 26 heavy (non-hydrogen) atoms. The molecule has 0 bridgehead atoms. The van der Waals surface area contributed by atoms with Crippen LogP contribution in [0.25, 0.3) is 0 Å². The van der Waals surface area contributed by atoms with Gasteiger partial charge in [-0.05, 0) is 49.9 Å². The average molecular weight is 359 g/mol. The zero-order valence-corrected chi connectivity index (χ0v) is 15.0. The number of rotatable bonds is 6. The van der Waals surface area contributed by atoms with Gasteiger partial charge in [-0.2, -0.15) is 5.10 Å². The number of ether oxygens (including phenoxy) is 1. The van der Waals surface area contributed by atoms with Gasteiger partial charge in [0.1, 0.15) is 0 Å². The van der Waals surface area contributed by atoms with E-state index in [1.807, 2.05) is 24.1 Å². The zero-order chi connectivity index (χ0) is 18.5. The molecule has 140 valence electrons. The minimum atomic E-state index is -0.866. The van der Waals surface area contributed by atoms with Gasteiger partial charge in [0.05, 0.1) is 11.6 Å². The minimum Gasteiger partial charge on any atom is -0.481 e. The van der Waals surface area contributed by atoms with Gasteiger partial charge in [-0.25, -0.2) is 0 Å². The third-order valence-corrected chi connectivity index (χ3v) is 5.04. The van der Waals surface area contributed by atoms with Crippen LogP contribution in [-0.2, 0) is 9.53 Å². The van der Waals surface area contributed by atoms with Gasteiger partial charge in [-0.1, -0.05) is 0 Å². The molecule has 1 unspecified atom stereocenters. The minimum absolute atomic E-state index is 0.0418. The number of anilines is 1. The fourth-order valence-electron chi connectivity index (χ4n) is 3.42. The molecule has 0 aromatic heterocycles. The summed E-state index contributed by atoms with van der Waals surface area (Å²) in [6.45, 7) is 4.16. The van der Waals surface area contributed by atoms with E-state index in [1.54, 1.807) is 12.1 Å². The fourth-order valence-corrected chi connectivity index (χ4v) is 3.42. The molecule has 7 nitrogen and oxygen atoms in total. The number of amides is 1. The van der Waals surface area contributed by atoms with E-state index in [9.17, 15) is 14.7 Å². The second kappa shape index (κ2) is 8.31. The molecule has 0 aliphatic carbocycles. The lowest BCUT2D eigenvalue weighted by molar-refractivity contribution is -0.144. The standard InChI is InChI=1S/C19H25N3O4/c1-13-6-9-22(21-13)16-4-2-15(3-5-16)18(23)20-12-17(19(24)25)14-7-10-26-11-8-14/h2-5,14,17H,6-12H2,1H3,(H,20,23)(H,24,25). The predicted molar refractivity (Wildman–Crippen MR) is 98.5 cm³/mol. The SMILES string of the molecule is CC1=NN(c2ccc(C(=O)NCC(C(=O)O)C3CCOCC3)cc2)CC1. The summed E-state index contributed by atoms with van der Waals surface area (Å²) in [5, 5.41) is 18.6. The maximum atomic E-state index is 12.4. The highest BCUT2D eigenvalue weighted by Crippen LogP contribution is 2.24. The summed E-state index contributed by atoms with van der Waals surface area (Å²) in [7, 11) is 0. The van der Waals surface area contributed by atoms with Gasteiger partial charge >= 0.3 is 5.97 Å². The van der Waals surface area contributed by atoms with E-state index < -0.39 is 11.9 Å². The molecule has 7 heteroatoms. The van der Waals surface area contributed by atoms with Gasteiger partial charge in [-0.3, -0.25) is 14.6 Å². The van der Waals surface area contributed by atoms with Crippen LogP contribution in [0.1, 0.15) is 36.5 Å². The second-order valence-electron chi connectivity index (χ2n) is 6.86. The molecule has 3 rings (SSSR count). The molecule has 1 saturated heterocycles. The fraction of sp³-hybridized carbons (Fsp3) is 0.526. The second-order valence-corrected chi connectivity index (χ2v) is 6.86. The van der Waals surface area contributed by atoms with Crippen molar-refractivity contribution in [3.05, 3.63) is 29.8 Å². The van der Waals surface area contributed by atoms with Crippen LogP contribution in [0.5, 0.6) is 0 Å². The van der Waals surface area contributed by atoms with E-state index in [0.29, 0.717) is 18.8 Å². The summed E-state index contributed by atoms with van der Waals surface area (Å²) in [5.41, 5.74) is 2.56. The van der Waals surface area contributed by atoms with Gasteiger partial charge in [0.15, 0.2) is 0 Å². The molecule has 0 saturated carbocycles. The molecule has 0 spiro atoms. The number of hydrogen-bond acceptors (Lipinski definition) is 5. The molecule has 1 aromatic rings. The Bertz CT molecular complexity index is 681. The number of hydrazone groups is 1. The Balaban J connectivity index is 1.57. The number of nitrogens with one attached hydrogen (secondary N) is 1. The molecular formula is C19H25N3O4. The number of benzene rings is 1. The number of carboxylic acids is 1. The van der Waals surface area contributed by atoms with Gasteiger partial charge < -0.3 is 15.2 Å². The third kappa shape index (κ3) is 4.40. The lowest BCUT2D eigenvalue weighted by Gasteiger charge is -2.27. The monoisotopic (exact) mass is 359 g/mol. The van der Waals surface area contributed by atoms with Crippen LogP contribution in [0, 0.1) is 11.8 Å². The summed E-state index contributed by atoms with van der Waals surface area (Å²) in [4.78, 5) is 23.9. The van der Waals surface area contributed by atoms with Crippen LogP contribution in [0.15, 0.2) is 29.4 Å². The van der Waals surface area contributed by atoms with E-state index in [4.69, 9.17) is 4.74 Å². The number of carbonyl (C=O) groups excluding carboxylic acids is 1. The molecule has 2 heterocycles. The van der Waals surface area contributed by atoms with Crippen LogP contribution in [0.3, 0.4) is 0 Å². The zero-order valence-electron chi connectivity index (χ0n) is 15.0.